The summed E-state index contributed by atoms with van der Waals surface area (Å²) in [6.45, 7) is 5.50. The second-order valence-corrected chi connectivity index (χ2v) is 8.14. The van der Waals surface area contributed by atoms with Crippen LogP contribution in [0, 0.1) is 0 Å². The van der Waals surface area contributed by atoms with Crippen molar-refractivity contribution in [3.63, 3.8) is 0 Å². The predicted molar refractivity (Wildman–Crippen MR) is 109 cm³/mol. The van der Waals surface area contributed by atoms with E-state index < -0.39 is 6.10 Å². The molecule has 6 heteroatoms. The minimum atomic E-state index is -0.477. The summed E-state index contributed by atoms with van der Waals surface area (Å²) in [5.74, 6) is 0.800. The van der Waals surface area contributed by atoms with Crippen LogP contribution in [0.5, 0.6) is 5.75 Å². The zero-order valence-corrected chi connectivity index (χ0v) is 16.9. The van der Waals surface area contributed by atoms with E-state index in [1.807, 2.05) is 18.2 Å². The highest BCUT2D eigenvalue weighted by molar-refractivity contribution is 6.30. The molecule has 1 aromatic rings. The largest absolute Gasteiger partial charge is 0.491 e. The highest BCUT2D eigenvalue weighted by atomic mass is 35.5. The Morgan fingerprint density at radius 1 is 1.19 bits per heavy atom. The molecule has 0 spiro atoms. The van der Waals surface area contributed by atoms with E-state index in [1.165, 1.54) is 25.7 Å². The zero-order chi connectivity index (χ0) is 18.9. The number of aliphatic hydroxyl groups is 1. The van der Waals surface area contributed by atoms with E-state index in [2.05, 4.69) is 10.2 Å². The highest BCUT2D eigenvalue weighted by Crippen LogP contribution is 2.24. The SMILES string of the molecule is OC(COc1ccc(Cl)cc1CNC1CCOCC1)CN1CCCCCC1. The molecule has 0 saturated carbocycles. The first-order chi connectivity index (χ1) is 13.2. The lowest BCUT2D eigenvalue weighted by Crippen LogP contribution is -2.36. The molecular weight excluding hydrogens is 364 g/mol. The third kappa shape index (κ3) is 7.24. The van der Waals surface area contributed by atoms with Crippen molar-refractivity contribution in [1.82, 2.24) is 10.2 Å². The van der Waals surface area contributed by atoms with E-state index in [4.69, 9.17) is 21.1 Å². The molecule has 2 saturated heterocycles. The number of nitrogens with one attached hydrogen (secondary N) is 1. The van der Waals surface area contributed by atoms with E-state index in [9.17, 15) is 5.11 Å². The van der Waals surface area contributed by atoms with Gasteiger partial charge in [-0.2, -0.15) is 0 Å². The van der Waals surface area contributed by atoms with Gasteiger partial charge in [-0.05, 0) is 57.0 Å². The van der Waals surface area contributed by atoms with Gasteiger partial charge in [0.1, 0.15) is 18.5 Å². The van der Waals surface area contributed by atoms with E-state index in [0.717, 1.165) is 50.5 Å². The third-order valence-electron chi connectivity index (χ3n) is 5.42. The highest BCUT2D eigenvalue weighted by Gasteiger charge is 2.17. The molecule has 2 aliphatic rings. The quantitative estimate of drug-likeness (QED) is 0.706. The van der Waals surface area contributed by atoms with Crippen LogP contribution in [0.2, 0.25) is 5.02 Å². The summed E-state index contributed by atoms with van der Waals surface area (Å²) in [6, 6.07) is 6.17. The molecule has 2 N–H and O–H groups in total. The molecule has 1 atom stereocenters. The first-order valence-corrected chi connectivity index (χ1v) is 10.7. The molecule has 2 heterocycles. The van der Waals surface area contributed by atoms with Gasteiger partial charge in [-0.15, -0.1) is 0 Å². The van der Waals surface area contributed by atoms with Gasteiger partial charge in [0.25, 0.3) is 0 Å². The van der Waals surface area contributed by atoms with E-state index in [0.29, 0.717) is 30.8 Å². The Bertz CT molecular complexity index is 558. The first-order valence-electron chi connectivity index (χ1n) is 10.3. The molecule has 0 radical (unpaired) electrons. The zero-order valence-electron chi connectivity index (χ0n) is 16.2. The average Bonchev–Trinajstić information content (AvgIpc) is 2.95. The minimum absolute atomic E-state index is 0.308. The van der Waals surface area contributed by atoms with Crippen molar-refractivity contribution < 1.29 is 14.6 Å². The van der Waals surface area contributed by atoms with Crippen LogP contribution in [0.25, 0.3) is 0 Å². The van der Waals surface area contributed by atoms with Crippen LogP contribution in [-0.4, -0.2) is 61.6 Å². The van der Waals surface area contributed by atoms with Crippen molar-refractivity contribution >= 4 is 11.6 Å². The van der Waals surface area contributed by atoms with Crippen LogP contribution in [0.15, 0.2) is 18.2 Å². The van der Waals surface area contributed by atoms with Crippen molar-refractivity contribution in [2.75, 3.05) is 39.5 Å². The molecule has 0 aliphatic carbocycles. The Kier molecular flexibility index (Phi) is 8.68. The van der Waals surface area contributed by atoms with Crippen molar-refractivity contribution in [1.29, 1.82) is 0 Å². The van der Waals surface area contributed by atoms with Crippen LogP contribution in [0.3, 0.4) is 0 Å². The Morgan fingerprint density at radius 2 is 1.93 bits per heavy atom. The van der Waals surface area contributed by atoms with Gasteiger partial charge >= 0.3 is 0 Å². The van der Waals surface area contributed by atoms with Crippen LogP contribution in [0.1, 0.15) is 44.1 Å². The van der Waals surface area contributed by atoms with Gasteiger partial charge in [-0.1, -0.05) is 24.4 Å². The summed E-state index contributed by atoms with van der Waals surface area (Å²) in [5.41, 5.74) is 1.04. The van der Waals surface area contributed by atoms with Gasteiger partial charge in [0.2, 0.25) is 0 Å². The van der Waals surface area contributed by atoms with E-state index >= 15 is 0 Å². The number of rotatable bonds is 8. The summed E-state index contributed by atoms with van der Waals surface area (Å²) in [5, 5.41) is 14.7. The summed E-state index contributed by atoms with van der Waals surface area (Å²) in [6.07, 6.45) is 6.65. The van der Waals surface area contributed by atoms with Crippen LogP contribution >= 0.6 is 11.6 Å². The number of hydrogen-bond donors (Lipinski definition) is 2. The van der Waals surface area contributed by atoms with Gasteiger partial charge < -0.3 is 24.8 Å². The fourth-order valence-corrected chi connectivity index (χ4v) is 4.03. The Hall–Kier alpha value is -0.850. The third-order valence-corrected chi connectivity index (χ3v) is 5.66. The second-order valence-electron chi connectivity index (χ2n) is 7.70. The smallest absolute Gasteiger partial charge is 0.124 e. The molecule has 2 aliphatic heterocycles. The molecule has 2 fully saturated rings. The van der Waals surface area contributed by atoms with Gasteiger partial charge in [0.15, 0.2) is 0 Å². The standard InChI is InChI=1S/C21H33ClN2O3/c22-18-5-6-21(17(13-18)14-23-19-7-11-26-12-8-19)27-16-20(25)15-24-9-3-1-2-4-10-24/h5-6,13,19-20,23,25H,1-4,7-12,14-16H2. The maximum absolute atomic E-state index is 10.4. The minimum Gasteiger partial charge on any atom is -0.491 e. The van der Waals surface area contributed by atoms with Crippen LogP contribution in [0.4, 0.5) is 0 Å². The Morgan fingerprint density at radius 3 is 2.67 bits per heavy atom. The van der Waals surface area contributed by atoms with Gasteiger partial charge in [-0.3, -0.25) is 0 Å². The molecular formula is C21H33ClN2O3. The average molecular weight is 397 g/mol. The van der Waals surface area contributed by atoms with Crippen molar-refractivity contribution in [2.45, 2.75) is 57.2 Å². The maximum atomic E-state index is 10.4. The monoisotopic (exact) mass is 396 g/mol. The topological polar surface area (TPSA) is 54.0 Å². The molecule has 1 unspecified atom stereocenters. The van der Waals surface area contributed by atoms with E-state index in [1.54, 1.807) is 0 Å². The molecule has 5 nitrogen and oxygen atoms in total. The summed E-state index contributed by atoms with van der Waals surface area (Å²) < 4.78 is 11.4. The number of hydrogen-bond acceptors (Lipinski definition) is 5. The second kappa shape index (κ2) is 11.2. The lowest BCUT2D eigenvalue weighted by Gasteiger charge is -2.25. The summed E-state index contributed by atoms with van der Waals surface area (Å²) >= 11 is 6.19. The molecule has 0 bridgehead atoms. The van der Waals surface area contributed by atoms with Crippen molar-refractivity contribution in [2.24, 2.45) is 0 Å². The van der Waals surface area contributed by atoms with Gasteiger partial charge in [0.05, 0.1) is 0 Å². The fraction of sp³-hybridized carbons (Fsp3) is 0.714. The van der Waals surface area contributed by atoms with E-state index in [-0.39, 0.29) is 0 Å². The summed E-state index contributed by atoms with van der Waals surface area (Å²) in [7, 11) is 0. The molecule has 152 valence electrons. The van der Waals surface area contributed by atoms with Gasteiger partial charge in [-0.25, -0.2) is 0 Å². The number of β-amino-alcohol motifs (C(OH)–C–C–N with tert-alkyl or cyclic N) is 1. The Labute approximate surface area is 168 Å². The number of likely N-dealkylation sites (tertiary alicyclic amines) is 1. The first kappa shape index (κ1) is 20.9. The van der Waals surface area contributed by atoms with Crippen molar-refractivity contribution in [3.8, 4) is 5.75 Å². The summed E-state index contributed by atoms with van der Waals surface area (Å²) in [4.78, 5) is 2.36. The molecule has 3 rings (SSSR count). The Balaban J connectivity index is 1.49. The molecule has 0 aromatic heterocycles. The lowest BCUT2D eigenvalue weighted by molar-refractivity contribution is 0.0685. The number of ether oxygens (including phenoxy) is 2. The number of nitrogens with zero attached hydrogens (tertiary/aromatic N) is 1. The fourth-order valence-electron chi connectivity index (χ4n) is 3.84. The maximum Gasteiger partial charge on any atom is 0.124 e. The van der Waals surface area contributed by atoms with Crippen LogP contribution < -0.4 is 10.1 Å². The van der Waals surface area contributed by atoms with Crippen LogP contribution in [-0.2, 0) is 11.3 Å². The van der Waals surface area contributed by atoms with Gasteiger partial charge in [0, 0.05) is 42.9 Å². The lowest BCUT2D eigenvalue weighted by atomic mass is 10.1. The normalized spacial score (nSPS) is 21.0. The number of halogens is 1. The number of benzene rings is 1. The van der Waals surface area contributed by atoms with Crippen molar-refractivity contribution in [3.05, 3.63) is 28.8 Å². The predicted octanol–water partition coefficient (Wildman–Crippen LogP) is 3.22. The molecule has 0 amide bonds. The number of aliphatic hydroxyl groups excluding tert-OH is 1. The molecule has 1 aromatic carbocycles. The molecule has 27 heavy (non-hydrogen) atoms.